The Morgan fingerprint density at radius 2 is 1.84 bits per heavy atom. The summed E-state index contributed by atoms with van der Waals surface area (Å²) in [4.78, 5) is 14.7. The molecule has 32 heavy (non-hydrogen) atoms. The van der Waals surface area contributed by atoms with Crippen LogP contribution in [0.2, 0.25) is 0 Å². The van der Waals surface area contributed by atoms with Crippen LogP contribution in [0.25, 0.3) is 21.5 Å². The van der Waals surface area contributed by atoms with Crippen molar-refractivity contribution in [2.75, 3.05) is 23.3 Å². The summed E-state index contributed by atoms with van der Waals surface area (Å²) >= 11 is 1.05. The number of alkyl halides is 3. The van der Waals surface area contributed by atoms with Crippen molar-refractivity contribution in [3.8, 4) is 10.6 Å². The summed E-state index contributed by atoms with van der Waals surface area (Å²) in [5.74, 6) is 0. The molecule has 0 atom stereocenters. The van der Waals surface area contributed by atoms with Gasteiger partial charge in [0.05, 0.1) is 11.1 Å². The molecule has 0 fully saturated rings. The maximum atomic E-state index is 12.9. The average molecular weight is 460 g/mol. The Kier molecular flexibility index (Phi) is 5.88. The SMILES string of the molecule is CCN(CC)c1ccc2cc(-c3nnc(Nc4cccc(C(F)(F)F)c4)s3)c(=O)oc2c1. The molecule has 0 aliphatic heterocycles. The van der Waals surface area contributed by atoms with Crippen molar-refractivity contribution in [1.82, 2.24) is 10.2 Å². The smallest absolute Gasteiger partial charge is 0.416 e. The minimum atomic E-state index is -4.45. The van der Waals surface area contributed by atoms with Crippen molar-refractivity contribution in [2.24, 2.45) is 0 Å². The Balaban J connectivity index is 1.62. The predicted octanol–water partition coefficient (Wildman–Crippen LogP) is 5.92. The Hall–Kier alpha value is -3.40. The quantitative estimate of drug-likeness (QED) is 0.360. The Morgan fingerprint density at radius 3 is 2.56 bits per heavy atom. The van der Waals surface area contributed by atoms with E-state index in [1.54, 1.807) is 6.07 Å². The molecule has 2 heterocycles. The first kappa shape index (κ1) is 21.8. The molecular formula is C22H19F3N4O2S. The molecule has 0 unspecified atom stereocenters. The van der Waals surface area contributed by atoms with E-state index in [4.69, 9.17) is 4.42 Å². The molecule has 4 rings (SSSR count). The molecule has 6 nitrogen and oxygen atoms in total. The van der Waals surface area contributed by atoms with E-state index >= 15 is 0 Å². The number of nitrogens with zero attached hydrogens (tertiary/aromatic N) is 3. The van der Waals surface area contributed by atoms with E-state index in [9.17, 15) is 18.0 Å². The molecule has 2 aromatic heterocycles. The summed E-state index contributed by atoms with van der Waals surface area (Å²) < 4.78 is 44.3. The number of hydrogen-bond acceptors (Lipinski definition) is 7. The molecule has 0 aliphatic rings. The lowest BCUT2D eigenvalue weighted by atomic mass is 10.1. The number of nitrogens with one attached hydrogen (secondary N) is 1. The molecule has 0 aliphatic carbocycles. The monoisotopic (exact) mass is 460 g/mol. The number of fused-ring (bicyclic) bond motifs is 1. The van der Waals surface area contributed by atoms with E-state index in [2.05, 4.69) is 20.4 Å². The highest BCUT2D eigenvalue weighted by molar-refractivity contribution is 7.18. The molecule has 2 aromatic carbocycles. The summed E-state index contributed by atoms with van der Waals surface area (Å²) in [6.07, 6.45) is -4.45. The van der Waals surface area contributed by atoms with Crippen molar-refractivity contribution in [3.63, 3.8) is 0 Å². The van der Waals surface area contributed by atoms with Crippen molar-refractivity contribution in [2.45, 2.75) is 20.0 Å². The lowest BCUT2D eigenvalue weighted by Gasteiger charge is -2.20. The van der Waals surface area contributed by atoms with Crippen molar-refractivity contribution in [3.05, 3.63) is 64.5 Å². The third kappa shape index (κ3) is 4.45. The summed E-state index contributed by atoms with van der Waals surface area (Å²) in [5.41, 5.74) is 0.555. The highest BCUT2D eigenvalue weighted by Crippen LogP contribution is 2.33. The van der Waals surface area contributed by atoms with Crippen LogP contribution in [-0.2, 0) is 6.18 Å². The van der Waals surface area contributed by atoms with Gasteiger partial charge in [-0.3, -0.25) is 0 Å². The summed E-state index contributed by atoms with van der Waals surface area (Å²) in [7, 11) is 0. The lowest BCUT2D eigenvalue weighted by Crippen LogP contribution is -2.21. The van der Waals surface area contributed by atoms with Gasteiger partial charge in [0.15, 0.2) is 5.01 Å². The van der Waals surface area contributed by atoms with Gasteiger partial charge in [-0.05, 0) is 50.2 Å². The number of hydrogen-bond donors (Lipinski definition) is 1. The fraction of sp³-hybridized carbons (Fsp3) is 0.227. The molecule has 166 valence electrons. The fourth-order valence-corrected chi connectivity index (χ4v) is 4.08. The van der Waals surface area contributed by atoms with Gasteiger partial charge in [0.1, 0.15) is 5.58 Å². The van der Waals surface area contributed by atoms with Crippen LogP contribution in [-0.4, -0.2) is 23.3 Å². The second-order valence-corrected chi connectivity index (χ2v) is 7.94. The highest BCUT2D eigenvalue weighted by Gasteiger charge is 2.30. The van der Waals surface area contributed by atoms with E-state index in [0.717, 1.165) is 47.6 Å². The Morgan fingerprint density at radius 1 is 1.06 bits per heavy atom. The van der Waals surface area contributed by atoms with Gasteiger partial charge in [0.2, 0.25) is 5.13 Å². The molecule has 4 aromatic rings. The molecule has 1 N–H and O–H groups in total. The zero-order valence-electron chi connectivity index (χ0n) is 17.2. The van der Waals surface area contributed by atoms with Crippen LogP contribution in [0, 0.1) is 0 Å². The van der Waals surface area contributed by atoms with Crippen molar-refractivity contribution in [1.29, 1.82) is 0 Å². The van der Waals surface area contributed by atoms with Gasteiger partial charge in [-0.1, -0.05) is 17.4 Å². The first-order valence-corrected chi connectivity index (χ1v) is 10.7. The van der Waals surface area contributed by atoms with E-state index < -0.39 is 17.4 Å². The van der Waals surface area contributed by atoms with Crippen LogP contribution >= 0.6 is 11.3 Å². The van der Waals surface area contributed by atoms with Crippen LogP contribution in [0.4, 0.5) is 29.7 Å². The van der Waals surface area contributed by atoms with Crippen LogP contribution < -0.4 is 15.8 Å². The third-order valence-corrected chi connectivity index (χ3v) is 5.82. The van der Waals surface area contributed by atoms with Gasteiger partial charge in [0, 0.05) is 35.9 Å². The summed E-state index contributed by atoms with van der Waals surface area (Å²) in [6.45, 7) is 5.76. The number of halogens is 3. The van der Waals surface area contributed by atoms with Gasteiger partial charge in [-0.15, -0.1) is 10.2 Å². The van der Waals surface area contributed by atoms with Crippen molar-refractivity contribution < 1.29 is 17.6 Å². The minimum absolute atomic E-state index is 0.219. The Bertz CT molecular complexity index is 1310. The first-order valence-electron chi connectivity index (χ1n) is 9.89. The van der Waals surface area contributed by atoms with Gasteiger partial charge < -0.3 is 14.6 Å². The van der Waals surface area contributed by atoms with E-state index in [1.807, 2.05) is 32.0 Å². The molecule has 0 radical (unpaired) electrons. The summed E-state index contributed by atoms with van der Waals surface area (Å²) in [6, 6.07) is 12.1. The van der Waals surface area contributed by atoms with Crippen LogP contribution in [0.1, 0.15) is 19.4 Å². The van der Waals surface area contributed by atoms with E-state index in [-0.39, 0.29) is 16.4 Å². The van der Waals surface area contributed by atoms with E-state index in [0.29, 0.717) is 10.6 Å². The van der Waals surface area contributed by atoms with Gasteiger partial charge in [-0.25, -0.2) is 4.79 Å². The fourth-order valence-electron chi connectivity index (χ4n) is 3.31. The largest absolute Gasteiger partial charge is 0.422 e. The number of aromatic nitrogens is 2. The van der Waals surface area contributed by atoms with Gasteiger partial charge in [0.25, 0.3) is 0 Å². The average Bonchev–Trinajstić information content (AvgIpc) is 3.22. The zero-order valence-corrected chi connectivity index (χ0v) is 18.0. The normalized spacial score (nSPS) is 11.7. The maximum absolute atomic E-state index is 12.9. The molecule has 0 saturated heterocycles. The first-order chi connectivity index (χ1) is 15.3. The molecule has 0 amide bonds. The minimum Gasteiger partial charge on any atom is -0.422 e. The topological polar surface area (TPSA) is 71.3 Å². The third-order valence-electron chi connectivity index (χ3n) is 4.94. The Labute approximate surface area is 185 Å². The van der Waals surface area contributed by atoms with E-state index in [1.165, 1.54) is 12.1 Å². The second kappa shape index (κ2) is 8.62. The van der Waals surface area contributed by atoms with Gasteiger partial charge in [-0.2, -0.15) is 13.2 Å². The lowest BCUT2D eigenvalue weighted by molar-refractivity contribution is -0.137. The maximum Gasteiger partial charge on any atom is 0.416 e. The molecule has 10 heteroatoms. The zero-order chi connectivity index (χ0) is 22.9. The predicted molar refractivity (Wildman–Crippen MR) is 120 cm³/mol. The van der Waals surface area contributed by atoms with Crippen LogP contribution in [0.15, 0.2) is 57.7 Å². The molecule has 0 saturated carbocycles. The van der Waals surface area contributed by atoms with Crippen molar-refractivity contribution >= 4 is 38.8 Å². The number of anilines is 3. The van der Waals surface area contributed by atoms with Crippen LogP contribution in [0.3, 0.4) is 0 Å². The standard InChI is InChI=1S/C22H19F3N4O2S/c1-3-29(4-2)16-9-8-13-10-17(20(30)31-18(13)12-16)19-27-28-21(32-19)26-15-7-5-6-14(11-15)22(23,24)25/h5-12H,3-4H2,1-2H3,(H,26,28). The second-order valence-electron chi connectivity index (χ2n) is 6.96. The molecule has 0 spiro atoms. The molecule has 0 bridgehead atoms. The summed E-state index contributed by atoms with van der Waals surface area (Å²) in [5, 5.41) is 12.1. The number of benzene rings is 2. The highest BCUT2D eigenvalue weighted by atomic mass is 32.1. The van der Waals surface area contributed by atoms with Gasteiger partial charge >= 0.3 is 11.8 Å². The number of rotatable bonds is 6. The van der Waals surface area contributed by atoms with Crippen LogP contribution in [0.5, 0.6) is 0 Å². The molecular weight excluding hydrogens is 441 g/mol.